The molecule has 2 saturated carbocycles. The Bertz CT molecular complexity index is 318. The van der Waals surface area contributed by atoms with Crippen LogP contribution in [0, 0.1) is 23.7 Å². The highest BCUT2D eigenvalue weighted by Crippen LogP contribution is 2.56. The zero-order chi connectivity index (χ0) is 12.7. The van der Waals surface area contributed by atoms with Crippen molar-refractivity contribution >= 4 is 5.91 Å². The molecule has 1 amide bonds. The molecule has 0 bridgehead atoms. The Morgan fingerprint density at radius 2 is 1.89 bits per heavy atom. The van der Waals surface area contributed by atoms with Gasteiger partial charge in [0.1, 0.15) is 0 Å². The van der Waals surface area contributed by atoms with E-state index in [1.165, 1.54) is 25.7 Å². The van der Waals surface area contributed by atoms with E-state index < -0.39 is 0 Å². The summed E-state index contributed by atoms with van der Waals surface area (Å²) in [4.78, 5) is 14.7. The second-order valence-corrected chi connectivity index (χ2v) is 6.54. The van der Waals surface area contributed by atoms with Gasteiger partial charge in [0, 0.05) is 25.0 Å². The molecule has 3 rings (SSSR count). The molecule has 102 valence electrons. The second-order valence-electron chi connectivity index (χ2n) is 6.54. The largest absolute Gasteiger partial charge is 0.342 e. The second kappa shape index (κ2) is 4.84. The molecule has 4 unspecified atom stereocenters. The molecule has 3 fully saturated rings. The molecule has 0 aromatic rings. The Hall–Kier alpha value is -0.570. The number of hydrogen-bond acceptors (Lipinski definition) is 2. The monoisotopic (exact) mass is 250 g/mol. The highest BCUT2D eigenvalue weighted by molar-refractivity contribution is 5.82. The number of amides is 1. The number of piperidine rings is 1. The molecule has 2 aliphatic carbocycles. The lowest BCUT2D eigenvalue weighted by Gasteiger charge is -2.36. The number of nitrogens with two attached hydrogens (primary N) is 1. The van der Waals surface area contributed by atoms with Crippen LogP contribution in [0.25, 0.3) is 0 Å². The Morgan fingerprint density at radius 1 is 1.22 bits per heavy atom. The molecule has 4 atom stereocenters. The smallest absolute Gasteiger partial charge is 0.226 e. The topological polar surface area (TPSA) is 46.3 Å². The molecule has 0 spiro atoms. The van der Waals surface area contributed by atoms with Crippen molar-refractivity contribution in [3.05, 3.63) is 0 Å². The van der Waals surface area contributed by atoms with Crippen molar-refractivity contribution in [2.45, 2.75) is 51.5 Å². The van der Waals surface area contributed by atoms with Gasteiger partial charge in [0.25, 0.3) is 0 Å². The molecule has 1 saturated heterocycles. The van der Waals surface area contributed by atoms with Crippen LogP contribution < -0.4 is 5.73 Å². The minimum atomic E-state index is 0.306. The van der Waals surface area contributed by atoms with Crippen LogP contribution in [0.1, 0.15) is 45.4 Å². The van der Waals surface area contributed by atoms with E-state index in [1.54, 1.807) is 0 Å². The zero-order valence-corrected chi connectivity index (χ0v) is 11.5. The van der Waals surface area contributed by atoms with Crippen molar-refractivity contribution in [2.24, 2.45) is 29.4 Å². The van der Waals surface area contributed by atoms with E-state index in [0.717, 1.165) is 37.8 Å². The van der Waals surface area contributed by atoms with E-state index in [9.17, 15) is 4.79 Å². The maximum absolute atomic E-state index is 12.6. The van der Waals surface area contributed by atoms with Gasteiger partial charge in [-0.25, -0.2) is 0 Å². The van der Waals surface area contributed by atoms with Gasteiger partial charge in [0.15, 0.2) is 0 Å². The summed E-state index contributed by atoms with van der Waals surface area (Å²) in [6, 6.07) is 0.306. The third-order valence-electron chi connectivity index (χ3n) is 5.57. The Labute approximate surface area is 110 Å². The highest BCUT2D eigenvalue weighted by atomic mass is 16.2. The summed E-state index contributed by atoms with van der Waals surface area (Å²) in [6.45, 7) is 3.99. The van der Waals surface area contributed by atoms with Crippen molar-refractivity contribution in [2.75, 3.05) is 13.1 Å². The van der Waals surface area contributed by atoms with Gasteiger partial charge >= 0.3 is 0 Å². The number of carbonyl (C=O) groups is 1. The van der Waals surface area contributed by atoms with Gasteiger partial charge in [-0.2, -0.15) is 0 Å². The summed E-state index contributed by atoms with van der Waals surface area (Å²) in [6.07, 6.45) is 7.37. The fourth-order valence-corrected chi connectivity index (χ4v) is 4.25. The van der Waals surface area contributed by atoms with E-state index in [1.807, 2.05) is 0 Å². The lowest BCUT2D eigenvalue weighted by atomic mass is 9.90. The first-order valence-electron chi connectivity index (χ1n) is 7.76. The first-order valence-corrected chi connectivity index (χ1v) is 7.76. The van der Waals surface area contributed by atoms with Crippen LogP contribution >= 0.6 is 0 Å². The van der Waals surface area contributed by atoms with Crippen LogP contribution in [-0.4, -0.2) is 29.9 Å². The first kappa shape index (κ1) is 12.5. The Balaban J connectivity index is 1.60. The number of nitrogens with zero attached hydrogens (tertiary/aromatic N) is 1. The predicted octanol–water partition coefficient (Wildman–Crippen LogP) is 2.01. The molecule has 1 heterocycles. The van der Waals surface area contributed by atoms with E-state index in [4.69, 9.17) is 5.73 Å². The van der Waals surface area contributed by atoms with Crippen LogP contribution in [0.2, 0.25) is 0 Å². The van der Waals surface area contributed by atoms with E-state index in [2.05, 4.69) is 11.8 Å². The molecule has 0 radical (unpaired) electrons. The Kier molecular flexibility index (Phi) is 3.35. The number of likely N-dealkylation sites (tertiary alicyclic amines) is 1. The SMILES string of the molecule is CCC1CN(C(=O)C2C3CCCCC32)CCC1N. The summed E-state index contributed by atoms with van der Waals surface area (Å²) in [5.74, 6) is 2.84. The van der Waals surface area contributed by atoms with Crippen molar-refractivity contribution in [1.82, 2.24) is 4.90 Å². The summed E-state index contributed by atoms with van der Waals surface area (Å²) in [5, 5.41) is 0. The van der Waals surface area contributed by atoms with Gasteiger partial charge in [0.05, 0.1) is 0 Å². The van der Waals surface area contributed by atoms with Crippen molar-refractivity contribution in [1.29, 1.82) is 0 Å². The Morgan fingerprint density at radius 3 is 2.50 bits per heavy atom. The number of hydrogen-bond donors (Lipinski definition) is 1. The standard InChI is InChI=1S/C15H26N2O/c1-2-10-9-17(8-7-13(10)16)15(18)14-11-5-3-4-6-12(11)14/h10-14H,2-9,16H2,1H3. The molecule has 3 heteroatoms. The number of carbonyl (C=O) groups excluding carboxylic acids is 1. The third kappa shape index (κ3) is 2.07. The van der Waals surface area contributed by atoms with Crippen LogP contribution in [0.15, 0.2) is 0 Å². The molecule has 2 N–H and O–H groups in total. The lowest BCUT2D eigenvalue weighted by Crippen LogP contribution is -2.49. The molecule has 18 heavy (non-hydrogen) atoms. The maximum Gasteiger partial charge on any atom is 0.226 e. The van der Waals surface area contributed by atoms with Crippen LogP contribution in [0.5, 0.6) is 0 Å². The fraction of sp³-hybridized carbons (Fsp3) is 0.933. The van der Waals surface area contributed by atoms with Gasteiger partial charge < -0.3 is 10.6 Å². The van der Waals surface area contributed by atoms with Gasteiger partial charge in [0.2, 0.25) is 5.91 Å². The molecule has 1 aliphatic heterocycles. The predicted molar refractivity (Wildman–Crippen MR) is 71.9 cm³/mol. The van der Waals surface area contributed by atoms with Crippen LogP contribution in [0.3, 0.4) is 0 Å². The number of rotatable bonds is 2. The fourth-order valence-electron chi connectivity index (χ4n) is 4.25. The van der Waals surface area contributed by atoms with Gasteiger partial charge in [-0.1, -0.05) is 26.2 Å². The van der Waals surface area contributed by atoms with Crippen LogP contribution in [0.4, 0.5) is 0 Å². The first-order chi connectivity index (χ1) is 8.72. The highest BCUT2D eigenvalue weighted by Gasteiger charge is 2.56. The molecular formula is C15H26N2O. The van der Waals surface area contributed by atoms with E-state index in [-0.39, 0.29) is 0 Å². The number of fused-ring (bicyclic) bond motifs is 1. The van der Waals surface area contributed by atoms with E-state index in [0.29, 0.717) is 23.8 Å². The minimum absolute atomic E-state index is 0.306. The quantitative estimate of drug-likeness (QED) is 0.815. The summed E-state index contributed by atoms with van der Waals surface area (Å²) in [7, 11) is 0. The minimum Gasteiger partial charge on any atom is -0.342 e. The average Bonchev–Trinajstić information content (AvgIpc) is 3.12. The summed E-state index contributed by atoms with van der Waals surface area (Å²) < 4.78 is 0. The normalized spacial score (nSPS) is 43.4. The van der Waals surface area contributed by atoms with Gasteiger partial charge in [-0.05, 0) is 37.0 Å². The molecule has 0 aromatic heterocycles. The zero-order valence-electron chi connectivity index (χ0n) is 11.5. The van der Waals surface area contributed by atoms with Crippen LogP contribution in [-0.2, 0) is 4.79 Å². The van der Waals surface area contributed by atoms with Crippen molar-refractivity contribution in [3.63, 3.8) is 0 Å². The average molecular weight is 250 g/mol. The molecule has 0 aromatic carbocycles. The lowest BCUT2D eigenvalue weighted by molar-refractivity contribution is -0.135. The van der Waals surface area contributed by atoms with Gasteiger partial charge in [-0.3, -0.25) is 4.79 Å². The molecule has 3 nitrogen and oxygen atoms in total. The maximum atomic E-state index is 12.6. The third-order valence-corrected chi connectivity index (χ3v) is 5.57. The summed E-state index contributed by atoms with van der Waals surface area (Å²) in [5.41, 5.74) is 6.12. The summed E-state index contributed by atoms with van der Waals surface area (Å²) >= 11 is 0. The van der Waals surface area contributed by atoms with Crippen molar-refractivity contribution < 1.29 is 4.79 Å². The van der Waals surface area contributed by atoms with Crippen molar-refractivity contribution in [3.8, 4) is 0 Å². The molecular weight excluding hydrogens is 224 g/mol. The molecule has 3 aliphatic rings. The van der Waals surface area contributed by atoms with Gasteiger partial charge in [-0.15, -0.1) is 0 Å². The van der Waals surface area contributed by atoms with E-state index >= 15 is 0 Å².